The largest absolute Gasteiger partial charge is 0.506 e. The van der Waals surface area contributed by atoms with Crippen LogP contribution in [0.3, 0.4) is 0 Å². The molecule has 172 valence electrons. The normalized spacial score (nSPS) is 11.4. The van der Waals surface area contributed by atoms with Crippen molar-refractivity contribution in [2.45, 2.75) is 6.54 Å². The molecule has 0 saturated carbocycles. The third-order valence-corrected chi connectivity index (χ3v) is 5.07. The molecular formula is C22H15ClFN5O5. The second-order valence-corrected chi connectivity index (χ2v) is 7.42. The number of amides is 1. The Bertz CT molecular complexity index is 1360. The minimum atomic E-state index is -0.966. The summed E-state index contributed by atoms with van der Waals surface area (Å²) >= 11 is 5.76. The molecule has 0 bridgehead atoms. The number of carbonyl (C=O) groups excluding carboxylic acids is 1. The second kappa shape index (κ2) is 9.93. The molecule has 2 aromatic carbocycles. The van der Waals surface area contributed by atoms with E-state index in [1.165, 1.54) is 37.9 Å². The van der Waals surface area contributed by atoms with Crippen molar-refractivity contribution in [3.8, 4) is 22.9 Å². The quantitative estimate of drug-likeness (QED) is 0.175. The molecule has 0 radical (unpaired) electrons. The molecule has 0 aliphatic carbocycles. The van der Waals surface area contributed by atoms with Crippen LogP contribution in [0.2, 0.25) is 5.02 Å². The summed E-state index contributed by atoms with van der Waals surface area (Å²) in [7, 11) is 1.29. The Labute approximate surface area is 197 Å². The van der Waals surface area contributed by atoms with Crippen LogP contribution in [-0.4, -0.2) is 43.0 Å². The molecule has 1 amide bonds. The third kappa shape index (κ3) is 4.92. The zero-order valence-corrected chi connectivity index (χ0v) is 18.2. The van der Waals surface area contributed by atoms with Crippen LogP contribution in [-0.2, 0) is 11.3 Å². The van der Waals surface area contributed by atoms with Crippen LogP contribution in [0.4, 0.5) is 10.1 Å². The average Bonchev–Trinajstić information content (AvgIpc) is 2.82. The zero-order valence-electron chi connectivity index (χ0n) is 17.4. The van der Waals surface area contributed by atoms with Gasteiger partial charge in [0.1, 0.15) is 24.0 Å². The highest BCUT2D eigenvalue weighted by Crippen LogP contribution is 2.37. The third-order valence-electron chi connectivity index (χ3n) is 4.78. The Kier molecular flexibility index (Phi) is 7.04. The van der Waals surface area contributed by atoms with E-state index in [0.29, 0.717) is 11.1 Å². The summed E-state index contributed by atoms with van der Waals surface area (Å²) in [6, 6.07) is 7.62. The van der Waals surface area contributed by atoms with Gasteiger partial charge in [-0.1, -0.05) is 23.7 Å². The van der Waals surface area contributed by atoms with Gasteiger partial charge in [0.25, 0.3) is 5.91 Å². The Balaban J connectivity index is 1.89. The molecule has 0 spiro atoms. The van der Waals surface area contributed by atoms with Crippen LogP contribution in [0, 0.1) is 27.3 Å². The maximum atomic E-state index is 14.7. The molecule has 0 saturated heterocycles. The lowest BCUT2D eigenvalue weighted by Crippen LogP contribution is -2.28. The van der Waals surface area contributed by atoms with Crippen molar-refractivity contribution in [3.63, 3.8) is 0 Å². The van der Waals surface area contributed by atoms with Crippen molar-refractivity contribution in [3.05, 3.63) is 86.7 Å². The van der Waals surface area contributed by atoms with Crippen molar-refractivity contribution in [1.29, 1.82) is 5.26 Å². The van der Waals surface area contributed by atoms with Gasteiger partial charge in [0.05, 0.1) is 9.95 Å². The predicted octanol–water partition coefficient (Wildman–Crippen LogP) is 4.00. The van der Waals surface area contributed by atoms with E-state index in [-0.39, 0.29) is 17.7 Å². The van der Waals surface area contributed by atoms with E-state index in [9.17, 15) is 34.8 Å². The molecule has 1 aromatic heterocycles. The number of halogens is 2. The smallest absolute Gasteiger partial charge is 0.313 e. The van der Waals surface area contributed by atoms with E-state index in [0.717, 1.165) is 17.0 Å². The van der Waals surface area contributed by atoms with Crippen molar-refractivity contribution in [2.75, 3.05) is 7.05 Å². The standard InChI is InChI=1S/C22H15ClFN5O5/c1-28(10-13-3-2-12(5-18(13)24)15-8-26-11-27-9-15)22(32)16(7-25)20(30)14-4-17(23)21(31)19(6-14)29(33)34/h2-6,8-9,11,30-31H,10H2,1H3/b20-16-. The summed E-state index contributed by atoms with van der Waals surface area (Å²) in [5, 5.41) is 40.2. The zero-order chi connectivity index (χ0) is 25.0. The lowest BCUT2D eigenvalue weighted by atomic mass is 10.0. The number of aliphatic hydroxyl groups excluding tert-OH is 1. The fourth-order valence-electron chi connectivity index (χ4n) is 3.03. The lowest BCUT2D eigenvalue weighted by molar-refractivity contribution is -0.385. The fourth-order valence-corrected chi connectivity index (χ4v) is 3.24. The number of rotatable bonds is 6. The number of nitriles is 1. The Hall–Kier alpha value is -4.56. The topological polar surface area (TPSA) is 153 Å². The van der Waals surface area contributed by atoms with Gasteiger partial charge in [-0.2, -0.15) is 5.26 Å². The van der Waals surface area contributed by atoms with Crippen molar-refractivity contribution in [1.82, 2.24) is 14.9 Å². The predicted molar refractivity (Wildman–Crippen MR) is 119 cm³/mol. The Morgan fingerprint density at radius 3 is 2.53 bits per heavy atom. The molecule has 3 aromatic rings. The maximum Gasteiger partial charge on any atom is 0.313 e. The van der Waals surface area contributed by atoms with E-state index in [1.807, 2.05) is 0 Å². The fraction of sp³-hybridized carbons (Fsp3) is 0.0909. The van der Waals surface area contributed by atoms with E-state index in [1.54, 1.807) is 12.1 Å². The first kappa shape index (κ1) is 24.1. The first-order chi connectivity index (χ1) is 16.1. The number of hydrogen-bond donors (Lipinski definition) is 2. The SMILES string of the molecule is CN(Cc1ccc(-c2cncnc2)cc1F)C(=O)/C(C#N)=C(\O)c1cc(Cl)c(O)c([N+](=O)[O-])c1. The molecule has 0 aliphatic heterocycles. The second-order valence-electron chi connectivity index (χ2n) is 7.01. The molecule has 12 heteroatoms. The van der Waals surface area contributed by atoms with Crippen LogP contribution in [0.5, 0.6) is 5.75 Å². The van der Waals surface area contributed by atoms with E-state index in [4.69, 9.17) is 11.6 Å². The number of aliphatic hydroxyl groups is 1. The van der Waals surface area contributed by atoms with Crippen LogP contribution in [0.1, 0.15) is 11.1 Å². The lowest BCUT2D eigenvalue weighted by Gasteiger charge is -2.18. The number of phenolic OH excluding ortho intramolecular Hbond substituents is 1. The first-order valence-electron chi connectivity index (χ1n) is 9.44. The summed E-state index contributed by atoms with van der Waals surface area (Å²) in [5.74, 6) is -3.30. The minimum Gasteiger partial charge on any atom is -0.506 e. The molecule has 0 fully saturated rings. The van der Waals surface area contributed by atoms with E-state index >= 15 is 0 Å². The number of hydrogen-bond acceptors (Lipinski definition) is 8. The molecule has 0 atom stereocenters. The number of likely N-dealkylation sites (N-methyl/N-ethyl adjacent to an activating group) is 1. The average molecular weight is 484 g/mol. The van der Waals surface area contributed by atoms with Gasteiger partial charge < -0.3 is 15.1 Å². The molecule has 3 rings (SSSR count). The number of phenols is 1. The van der Waals surface area contributed by atoms with E-state index in [2.05, 4.69) is 9.97 Å². The Morgan fingerprint density at radius 1 is 1.26 bits per heavy atom. The molecule has 0 aliphatic rings. The van der Waals surface area contributed by atoms with E-state index < -0.39 is 44.4 Å². The molecule has 2 N–H and O–H groups in total. The van der Waals surface area contributed by atoms with Crippen LogP contribution in [0.15, 0.2) is 54.6 Å². The van der Waals surface area contributed by atoms with Gasteiger partial charge >= 0.3 is 5.69 Å². The molecule has 0 unspecified atom stereocenters. The number of nitro groups is 1. The van der Waals surface area contributed by atoms with Crippen molar-refractivity contribution < 1.29 is 24.3 Å². The number of nitro benzene ring substituents is 1. The summed E-state index contributed by atoms with van der Waals surface area (Å²) in [5.41, 5.74) is -0.643. The summed E-state index contributed by atoms with van der Waals surface area (Å²) < 4.78 is 14.7. The monoisotopic (exact) mass is 483 g/mol. The highest BCUT2D eigenvalue weighted by molar-refractivity contribution is 6.32. The van der Waals surface area contributed by atoms with Gasteiger partial charge in [0.2, 0.25) is 5.75 Å². The van der Waals surface area contributed by atoms with Gasteiger partial charge in [0, 0.05) is 48.7 Å². The number of aromatic nitrogens is 2. The number of carbonyl (C=O) groups is 1. The molecule has 1 heterocycles. The minimum absolute atomic E-state index is 0.136. The molecule has 34 heavy (non-hydrogen) atoms. The van der Waals surface area contributed by atoms with Crippen LogP contribution < -0.4 is 0 Å². The maximum absolute atomic E-state index is 14.7. The summed E-state index contributed by atoms with van der Waals surface area (Å²) in [6.07, 6.45) is 4.38. The van der Waals surface area contributed by atoms with Gasteiger partial charge in [0.15, 0.2) is 5.57 Å². The molecule has 10 nitrogen and oxygen atoms in total. The first-order valence-corrected chi connectivity index (χ1v) is 9.81. The highest BCUT2D eigenvalue weighted by atomic mass is 35.5. The van der Waals surface area contributed by atoms with Gasteiger partial charge in [-0.25, -0.2) is 14.4 Å². The van der Waals surface area contributed by atoms with Gasteiger partial charge in [-0.3, -0.25) is 14.9 Å². The van der Waals surface area contributed by atoms with Gasteiger partial charge in [-0.05, 0) is 17.7 Å². The van der Waals surface area contributed by atoms with Crippen LogP contribution in [0.25, 0.3) is 16.9 Å². The summed E-state index contributed by atoms with van der Waals surface area (Å²) in [4.78, 5) is 31.7. The number of aromatic hydroxyl groups is 1. The summed E-state index contributed by atoms with van der Waals surface area (Å²) in [6.45, 7) is -0.245. The number of benzene rings is 2. The van der Waals surface area contributed by atoms with Crippen molar-refractivity contribution >= 4 is 29.0 Å². The number of nitrogens with zero attached hydrogens (tertiary/aromatic N) is 5. The van der Waals surface area contributed by atoms with Gasteiger partial charge in [-0.15, -0.1) is 0 Å². The Morgan fingerprint density at radius 2 is 1.94 bits per heavy atom. The highest BCUT2D eigenvalue weighted by Gasteiger charge is 2.25. The van der Waals surface area contributed by atoms with Crippen molar-refractivity contribution in [2.24, 2.45) is 0 Å². The molecular weight excluding hydrogens is 469 g/mol. The van der Waals surface area contributed by atoms with Crippen LogP contribution >= 0.6 is 11.6 Å².